The fraction of sp³-hybridized carbons (Fsp3) is 0.823. The highest BCUT2D eigenvalue weighted by molar-refractivity contribution is 5.71. The first-order valence-electron chi connectivity index (χ1n) is 29.6. The number of carbonyl (C=O) groups excluding carboxylic acids is 3. The van der Waals surface area contributed by atoms with Crippen molar-refractivity contribution in [1.82, 2.24) is 0 Å². The Labute approximate surface area is 422 Å². The van der Waals surface area contributed by atoms with E-state index >= 15 is 0 Å². The molecule has 0 rings (SSSR count). The standard InChI is InChI=1S/C62H112O6/c1-4-7-10-13-16-19-22-25-28-30-31-33-34-37-40-43-46-49-52-55-61(64)67-58-59(57-66-60(63)54-51-48-45-42-39-36-27-24-21-18-15-12-9-6-3)68-62(65)56-53-50-47-44-41-38-35-32-29-26-23-20-17-14-11-8-5-2/h9,12,17-18,20-21,26,29,59H,4-8,10-11,13-16,19,22-25,27-28,30-58H2,1-3H3/b12-9-,20-17-,21-18-,29-26-. The third-order valence-electron chi connectivity index (χ3n) is 13.1. The summed E-state index contributed by atoms with van der Waals surface area (Å²) in [6.45, 7) is 6.54. The van der Waals surface area contributed by atoms with Crippen LogP contribution in [0.5, 0.6) is 0 Å². The Hall–Kier alpha value is -2.63. The molecule has 0 aliphatic heterocycles. The summed E-state index contributed by atoms with van der Waals surface area (Å²) >= 11 is 0. The average molecular weight is 954 g/mol. The van der Waals surface area contributed by atoms with Gasteiger partial charge in [0.25, 0.3) is 0 Å². The molecule has 0 aliphatic carbocycles. The van der Waals surface area contributed by atoms with E-state index in [0.717, 1.165) is 89.9 Å². The van der Waals surface area contributed by atoms with Gasteiger partial charge >= 0.3 is 17.9 Å². The van der Waals surface area contributed by atoms with Crippen LogP contribution in [0.3, 0.4) is 0 Å². The molecular formula is C62H112O6. The lowest BCUT2D eigenvalue weighted by molar-refractivity contribution is -0.167. The van der Waals surface area contributed by atoms with E-state index in [9.17, 15) is 14.4 Å². The molecule has 0 fully saturated rings. The van der Waals surface area contributed by atoms with Crippen LogP contribution >= 0.6 is 0 Å². The molecule has 0 radical (unpaired) electrons. The van der Waals surface area contributed by atoms with Gasteiger partial charge in [0.2, 0.25) is 0 Å². The molecule has 0 bridgehead atoms. The van der Waals surface area contributed by atoms with Gasteiger partial charge in [-0.1, -0.05) is 262 Å². The lowest BCUT2D eigenvalue weighted by atomic mass is 10.0. The molecule has 0 amide bonds. The zero-order valence-electron chi connectivity index (χ0n) is 45.4. The van der Waals surface area contributed by atoms with Crippen molar-refractivity contribution in [2.24, 2.45) is 0 Å². The van der Waals surface area contributed by atoms with Crippen LogP contribution in [0.2, 0.25) is 0 Å². The van der Waals surface area contributed by atoms with Crippen LogP contribution in [0.25, 0.3) is 0 Å². The predicted molar refractivity (Wildman–Crippen MR) is 293 cm³/mol. The van der Waals surface area contributed by atoms with Crippen LogP contribution < -0.4 is 0 Å². The molecule has 1 unspecified atom stereocenters. The molecule has 0 aliphatic rings. The molecule has 0 spiro atoms. The Balaban J connectivity index is 4.34. The van der Waals surface area contributed by atoms with Gasteiger partial charge in [-0.25, -0.2) is 0 Å². The van der Waals surface area contributed by atoms with Crippen LogP contribution in [0, 0.1) is 0 Å². The molecule has 396 valence electrons. The summed E-state index contributed by atoms with van der Waals surface area (Å²) in [5.74, 6) is -0.876. The Bertz CT molecular complexity index is 1190. The lowest BCUT2D eigenvalue weighted by Crippen LogP contribution is -2.30. The predicted octanol–water partition coefficient (Wildman–Crippen LogP) is 19.8. The number of rotatable bonds is 54. The van der Waals surface area contributed by atoms with Gasteiger partial charge in [-0.05, 0) is 77.0 Å². The molecule has 0 aromatic rings. The molecule has 0 aromatic heterocycles. The monoisotopic (exact) mass is 953 g/mol. The highest BCUT2D eigenvalue weighted by atomic mass is 16.6. The molecule has 0 aromatic carbocycles. The number of ether oxygens (including phenoxy) is 3. The van der Waals surface area contributed by atoms with Gasteiger partial charge in [0, 0.05) is 19.3 Å². The average Bonchev–Trinajstić information content (AvgIpc) is 3.34. The minimum absolute atomic E-state index is 0.0758. The van der Waals surface area contributed by atoms with Gasteiger partial charge in [-0.2, -0.15) is 0 Å². The van der Waals surface area contributed by atoms with E-state index in [-0.39, 0.29) is 31.1 Å². The lowest BCUT2D eigenvalue weighted by Gasteiger charge is -2.18. The Kier molecular flexibility index (Phi) is 54.8. The maximum Gasteiger partial charge on any atom is 0.306 e. The van der Waals surface area contributed by atoms with Gasteiger partial charge in [0.15, 0.2) is 6.10 Å². The van der Waals surface area contributed by atoms with Crippen molar-refractivity contribution in [3.8, 4) is 0 Å². The second kappa shape index (κ2) is 57.0. The maximum atomic E-state index is 12.9. The normalized spacial score (nSPS) is 12.3. The topological polar surface area (TPSA) is 78.9 Å². The van der Waals surface area contributed by atoms with Crippen LogP contribution in [-0.4, -0.2) is 37.2 Å². The van der Waals surface area contributed by atoms with Crippen molar-refractivity contribution in [1.29, 1.82) is 0 Å². The SMILES string of the molecule is CC/C=C\C/C=C\CCCCCCCCCC(=O)OCC(COC(=O)CCCCCCCCCCCCCCCCCCCCC)OC(=O)CCCCCCCCC/C=C\C/C=C\CCCCC. The smallest absolute Gasteiger partial charge is 0.306 e. The largest absolute Gasteiger partial charge is 0.462 e. The van der Waals surface area contributed by atoms with Crippen molar-refractivity contribution in [3.05, 3.63) is 48.6 Å². The van der Waals surface area contributed by atoms with Gasteiger partial charge in [0.05, 0.1) is 0 Å². The van der Waals surface area contributed by atoms with Crippen LogP contribution in [0.15, 0.2) is 48.6 Å². The van der Waals surface area contributed by atoms with E-state index in [4.69, 9.17) is 14.2 Å². The third-order valence-corrected chi connectivity index (χ3v) is 13.1. The Morgan fingerprint density at radius 1 is 0.309 bits per heavy atom. The second-order valence-corrected chi connectivity index (χ2v) is 19.9. The van der Waals surface area contributed by atoms with E-state index < -0.39 is 6.10 Å². The number of unbranched alkanes of at least 4 members (excludes halogenated alkanes) is 35. The summed E-state index contributed by atoms with van der Waals surface area (Å²) in [7, 11) is 0. The molecule has 0 saturated carbocycles. The zero-order valence-corrected chi connectivity index (χ0v) is 45.4. The molecule has 6 heteroatoms. The summed E-state index contributed by atoms with van der Waals surface area (Å²) in [5, 5.41) is 0. The molecule has 0 saturated heterocycles. The highest BCUT2D eigenvalue weighted by Crippen LogP contribution is 2.17. The second-order valence-electron chi connectivity index (χ2n) is 19.9. The van der Waals surface area contributed by atoms with Crippen LogP contribution in [-0.2, 0) is 28.6 Å². The number of hydrogen-bond acceptors (Lipinski definition) is 6. The summed E-state index contributed by atoms with van der Waals surface area (Å²) in [5.41, 5.74) is 0. The van der Waals surface area contributed by atoms with Crippen molar-refractivity contribution >= 4 is 17.9 Å². The number of hydrogen-bond donors (Lipinski definition) is 0. The van der Waals surface area contributed by atoms with Gasteiger partial charge in [0.1, 0.15) is 13.2 Å². The first-order chi connectivity index (χ1) is 33.5. The number of esters is 3. The molecule has 0 N–H and O–H groups in total. The number of carbonyl (C=O) groups is 3. The highest BCUT2D eigenvalue weighted by Gasteiger charge is 2.19. The first-order valence-corrected chi connectivity index (χ1v) is 29.6. The van der Waals surface area contributed by atoms with Gasteiger partial charge in [-0.15, -0.1) is 0 Å². The summed E-state index contributed by atoms with van der Waals surface area (Å²) in [6, 6.07) is 0. The first kappa shape index (κ1) is 65.4. The number of allylic oxidation sites excluding steroid dienone is 8. The molecule has 1 atom stereocenters. The Morgan fingerprint density at radius 3 is 0.912 bits per heavy atom. The van der Waals surface area contributed by atoms with Crippen molar-refractivity contribution in [2.75, 3.05) is 13.2 Å². The van der Waals surface area contributed by atoms with Crippen LogP contribution in [0.1, 0.15) is 310 Å². The van der Waals surface area contributed by atoms with E-state index in [1.807, 2.05) is 0 Å². The fourth-order valence-electron chi connectivity index (χ4n) is 8.63. The van der Waals surface area contributed by atoms with Gasteiger partial charge in [-0.3, -0.25) is 14.4 Å². The van der Waals surface area contributed by atoms with Crippen molar-refractivity contribution in [2.45, 2.75) is 316 Å². The zero-order chi connectivity index (χ0) is 49.3. The summed E-state index contributed by atoms with van der Waals surface area (Å²) < 4.78 is 16.9. The third kappa shape index (κ3) is 54.3. The Morgan fingerprint density at radius 2 is 0.574 bits per heavy atom. The van der Waals surface area contributed by atoms with Crippen molar-refractivity contribution < 1.29 is 28.6 Å². The van der Waals surface area contributed by atoms with E-state index in [1.165, 1.54) is 180 Å². The van der Waals surface area contributed by atoms with Crippen molar-refractivity contribution in [3.63, 3.8) is 0 Å². The molecular weight excluding hydrogens is 841 g/mol. The summed E-state index contributed by atoms with van der Waals surface area (Å²) in [4.78, 5) is 38.2. The van der Waals surface area contributed by atoms with Crippen LogP contribution in [0.4, 0.5) is 0 Å². The molecule has 0 heterocycles. The quantitative estimate of drug-likeness (QED) is 0.0262. The fourth-order valence-corrected chi connectivity index (χ4v) is 8.63. The van der Waals surface area contributed by atoms with E-state index in [1.54, 1.807) is 0 Å². The van der Waals surface area contributed by atoms with Gasteiger partial charge < -0.3 is 14.2 Å². The van der Waals surface area contributed by atoms with E-state index in [0.29, 0.717) is 19.3 Å². The molecule has 68 heavy (non-hydrogen) atoms. The van der Waals surface area contributed by atoms with E-state index in [2.05, 4.69) is 69.4 Å². The minimum Gasteiger partial charge on any atom is -0.462 e. The summed E-state index contributed by atoms with van der Waals surface area (Å²) in [6.07, 6.45) is 69.6. The maximum absolute atomic E-state index is 12.9. The molecule has 6 nitrogen and oxygen atoms in total. The minimum atomic E-state index is -0.779.